The van der Waals surface area contributed by atoms with Crippen molar-refractivity contribution in [1.29, 1.82) is 0 Å². The summed E-state index contributed by atoms with van der Waals surface area (Å²) in [5, 5.41) is 9.98. The number of benzene rings is 2. The lowest BCUT2D eigenvalue weighted by Gasteiger charge is -2.32. The van der Waals surface area contributed by atoms with Gasteiger partial charge < -0.3 is 14.7 Å². The van der Waals surface area contributed by atoms with Gasteiger partial charge in [-0.05, 0) is 86.6 Å². The van der Waals surface area contributed by atoms with Gasteiger partial charge in [0.15, 0.2) is 0 Å². The lowest BCUT2D eigenvalue weighted by Crippen LogP contribution is -2.40. The van der Waals surface area contributed by atoms with E-state index in [0.717, 1.165) is 41.2 Å². The summed E-state index contributed by atoms with van der Waals surface area (Å²) in [4.78, 5) is 25.7. The molecule has 7 heteroatoms. The van der Waals surface area contributed by atoms with Gasteiger partial charge in [-0.15, -0.1) is 0 Å². The minimum atomic E-state index is -0.986. The fourth-order valence-electron chi connectivity index (χ4n) is 3.91. The van der Waals surface area contributed by atoms with E-state index in [1.807, 2.05) is 51.1 Å². The molecule has 3 rings (SSSR count). The van der Waals surface area contributed by atoms with E-state index in [1.165, 1.54) is 0 Å². The molecule has 0 heterocycles. The van der Waals surface area contributed by atoms with Gasteiger partial charge in [0.2, 0.25) is 0 Å². The Morgan fingerprint density at radius 3 is 2.47 bits per heavy atom. The van der Waals surface area contributed by atoms with Crippen molar-refractivity contribution >= 4 is 41.3 Å². The average molecular weight is 476 g/mol. The molecule has 0 spiro atoms. The number of carboxylic acids is 1. The molecule has 0 fully saturated rings. The number of carbonyl (C=O) groups excluding carboxylic acids is 1. The molecule has 0 radical (unpaired) electrons. The van der Waals surface area contributed by atoms with Crippen LogP contribution in [-0.2, 0) is 22.4 Å². The number of hydrogen-bond acceptors (Lipinski definition) is 3. The van der Waals surface area contributed by atoms with Gasteiger partial charge in [0.25, 0.3) is 0 Å². The van der Waals surface area contributed by atoms with Gasteiger partial charge in [-0.25, -0.2) is 9.59 Å². The van der Waals surface area contributed by atoms with Crippen molar-refractivity contribution in [3.05, 3.63) is 74.8 Å². The van der Waals surface area contributed by atoms with Crippen molar-refractivity contribution < 1.29 is 19.4 Å². The Morgan fingerprint density at radius 1 is 1.16 bits per heavy atom. The van der Waals surface area contributed by atoms with Crippen molar-refractivity contribution in [2.24, 2.45) is 0 Å². The van der Waals surface area contributed by atoms with Crippen LogP contribution >= 0.6 is 23.2 Å². The van der Waals surface area contributed by atoms with Crippen LogP contribution in [0.5, 0.6) is 0 Å². The summed E-state index contributed by atoms with van der Waals surface area (Å²) >= 11 is 12.3. The molecule has 1 aliphatic carbocycles. The maximum Gasteiger partial charge on any atom is 0.410 e. The summed E-state index contributed by atoms with van der Waals surface area (Å²) in [5.74, 6) is -0.986. The zero-order valence-electron chi connectivity index (χ0n) is 18.4. The Morgan fingerprint density at radius 2 is 1.84 bits per heavy atom. The predicted octanol–water partition coefficient (Wildman–Crippen LogP) is 6.56. The maximum absolute atomic E-state index is 13.1. The number of fused-ring (bicyclic) bond motifs is 1. The molecule has 0 saturated heterocycles. The van der Waals surface area contributed by atoms with E-state index in [-0.39, 0.29) is 12.1 Å². The number of aliphatic carboxylic acids is 1. The van der Waals surface area contributed by atoms with Crippen molar-refractivity contribution in [2.75, 3.05) is 6.54 Å². The van der Waals surface area contributed by atoms with Crippen molar-refractivity contribution in [3.8, 4) is 0 Å². The quantitative estimate of drug-likeness (QED) is 0.480. The lowest BCUT2D eigenvalue weighted by molar-refractivity contribution is -0.131. The lowest BCUT2D eigenvalue weighted by atomic mass is 10.0. The number of hydrogen-bond donors (Lipinski definition) is 1. The molecule has 0 saturated carbocycles. The van der Waals surface area contributed by atoms with Gasteiger partial charge in [-0.1, -0.05) is 41.4 Å². The third kappa shape index (κ3) is 6.50. The van der Waals surface area contributed by atoms with Crippen molar-refractivity contribution in [1.82, 2.24) is 4.90 Å². The van der Waals surface area contributed by atoms with Gasteiger partial charge in [0.1, 0.15) is 5.60 Å². The molecular weight excluding hydrogens is 449 g/mol. The number of rotatable bonds is 6. The van der Waals surface area contributed by atoms with E-state index in [2.05, 4.69) is 0 Å². The third-order valence-electron chi connectivity index (χ3n) is 5.20. The molecule has 2 aromatic carbocycles. The highest BCUT2D eigenvalue weighted by atomic mass is 35.5. The zero-order chi connectivity index (χ0) is 23.5. The Bertz CT molecular complexity index is 1020. The number of ether oxygens (including phenoxy) is 1. The zero-order valence-corrected chi connectivity index (χ0v) is 19.9. The van der Waals surface area contributed by atoms with Crippen LogP contribution in [0.25, 0.3) is 6.08 Å². The topological polar surface area (TPSA) is 66.8 Å². The molecule has 0 bridgehead atoms. The Hall–Kier alpha value is -2.50. The number of amides is 1. The minimum absolute atomic E-state index is 0.119. The highest BCUT2D eigenvalue weighted by molar-refractivity contribution is 6.34. The molecule has 170 valence electrons. The van der Waals surface area contributed by atoms with E-state index in [4.69, 9.17) is 33.0 Å². The first kappa shape index (κ1) is 24.1. The van der Waals surface area contributed by atoms with Crippen LogP contribution in [0.2, 0.25) is 10.0 Å². The Labute approximate surface area is 198 Å². The molecule has 1 atom stereocenters. The summed E-state index contributed by atoms with van der Waals surface area (Å²) in [7, 11) is 0. The molecule has 1 unspecified atom stereocenters. The second-order valence-corrected chi connectivity index (χ2v) is 9.76. The van der Waals surface area contributed by atoms with Gasteiger partial charge >= 0.3 is 12.1 Å². The summed E-state index contributed by atoms with van der Waals surface area (Å²) in [6.45, 7) is 6.01. The first-order valence-corrected chi connectivity index (χ1v) is 11.3. The summed E-state index contributed by atoms with van der Waals surface area (Å²) in [5.41, 5.74) is 3.34. The van der Waals surface area contributed by atoms with Gasteiger partial charge in [-0.3, -0.25) is 0 Å². The van der Waals surface area contributed by atoms with Crippen LogP contribution in [0.1, 0.15) is 55.5 Å². The molecule has 1 amide bonds. The van der Waals surface area contributed by atoms with Crippen LogP contribution in [0, 0.1) is 0 Å². The van der Waals surface area contributed by atoms with Gasteiger partial charge in [-0.2, -0.15) is 0 Å². The van der Waals surface area contributed by atoms with Crippen LogP contribution < -0.4 is 0 Å². The Balaban J connectivity index is 1.85. The number of aryl methyl sites for hydroxylation is 1. The normalized spacial score (nSPS) is 15.6. The SMILES string of the molecule is CC(C)(C)OC(=O)N(CCc1cc(Cl)cc(Cl)c1)C1CCc2cc(/C=C/C(=O)O)ccc21. The van der Waals surface area contributed by atoms with Gasteiger partial charge in [0.05, 0.1) is 6.04 Å². The first-order chi connectivity index (χ1) is 15.0. The molecule has 0 aromatic heterocycles. The van der Waals surface area contributed by atoms with Crippen LogP contribution in [-0.4, -0.2) is 34.2 Å². The minimum Gasteiger partial charge on any atom is -0.478 e. The van der Waals surface area contributed by atoms with Gasteiger partial charge in [0, 0.05) is 22.7 Å². The molecular formula is C25H27Cl2NO4. The fraction of sp³-hybridized carbons (Fsp3) is 0.360. The molecule has 1 N–H and O–H groups in total. The molecule has 0 aliphatic heterocycles. The maximum atomic E-state index is 13.1. The summed E-state index contributed by atoms with van der Waals surface area (Å²) < 4.78 is 5.71. The van der Waals surface area contributed by atoms with E-state index in [9.17, 15) is 9.59 Å². The smallest absolute Gasteiger partial charge is 0.410 e. The monoisotopic (exact) mass is 475 g/mol. The summed E-state index contributed by atoms with van der Waals surface area (Å²) in [6, 6.07) is 11.1. The third-order valence-corrected chi connectivity index (χ3v) is 5.64. The van der Waals surface area contributed by atoms with Crippen LogP contribution in [0.15, 0.2) is 42.5 Å². The average Bonchev–Trinajstić information content (AvgIpc) is 3.07. The largest absolute Gasteiger partial charge is 0.478 e. The predicted molar refractivity (Wildman–Crippen MR) is 127 cm³/mol. The number of carboxylic acid groups (broad SMARTS) is 1. The van der Waals surface area contributed by atoms with Crippen molar-refractivity contribution in [2.45, 2.75) is 51.7 Å². The molecule has 32 heavy (non-hydrogen) atoms. The van der Waals surface area contributed by atoms with E-state index in [0.29, 0.717) is 23.0 Å². The van der Waals surface area contributed by atoms with E-state index < -0.39 is 11.6 Å². The highest BCUT2D eigenvalue weighted by Gasteiger charge is 2.33. The fourth-order valence-corrected chi connectivity index (χ4v) is 4.48. The second kappa shape index (κ2) is 9.97. The van der Waals surface area contributed by atoms with Crippen molar-refractivity contribution in [3.63, 3.8) is 0 Å². The number of carbonyl (C=O) groups is 2. The van der Waals surface area contributed by atoms with E-state index in [1.54, 1.807) is 17.0 Å². The molecule has 1 aliphatic rings. The van der Waals surface area contributed by atoms with E-state index >= 15 is 0 Å². The molecule has 2 aromatic rings. The standard InChI is InChI=1S/C25H27Cl2NO4/c1-25(2,3)32-24(31)28(11-10-17-13-19(26)15-20(27)14-17)22-8-6-18-12-16(4-7-21(18)22)5-9-23(29)30/h4-5,7,9,12-15,22H,6,8,10-11H2,1-3H3,(H,29,30)/b9-5+. The van der Waals surface area contributed by atoms with Crippen LogP contribution in [0.4, 0.5) is 4.79 Å². The highest BCUT2D eigenvalue weighted by Crippen LogP contribution is 2.37. The number of nitrogens with zero attached hydrogens (tertiary/aromatic N) is 1. The van der Waals surface area contributed by atoms with Crippen LogP contribution in [0.3, 0.4) is 0 Å². The second-order valence-electron chi connectivity index (χ2n) is 8.89. The first-order valence-electron chi connectivity index (χ1n) is 10.5. The Kier molecular flexibility index (Phi) is 7.52. The number of halogens is 2. The molecule has 5 nitrogen and oxygen atoms in total. The summed E-state index contributed by atoms with van der Waals surface area (Å²) in [6.07, 6.45) is 4.50.